The van der Waals surface area contributed by atoms with Crippen LogP contribution in [0.3, 0.4) is 0 Å². The second-order valence-electron chi connectivity index (χ2n) is 4.76. The summed E-state index contributed by atoms with van der Waals surface area (Å²) in [6.07, 6.45) is 0. The van der Waals surface area contributed by atoms with E-state index in [-0.39, 0.29) is 12.4 Å². The van der Waals surface area contributed by atoms with E-state index in [2.05, 4.69) is 15.0 Å². The van der Waals surface area contributed by atoms with Crippen molar-refractivity contribution in [2.75, 3.05) is 6.61 Å². The molecular weight excluding hydrogens is 290 g/mol. The van der Waals surface area contributed by atoms with Gasteiger partial charge in [-0.3, -0.25) is 0 Å². The third kappa shape index (κ3) is 3.40. The number of carbonyl (C=O) groups excluding carboxylic acids is 1. The van der Waals surface area contributed by atoms with Gasteiger partial charge < -0.3 is 4.74 Å². The minimum Gasteiger partial charge on any atom is -0.460 e. The van der Waals surface area contributed by atoms with Gasteiger partial charge in [0.1, 0.15) is 0 Å². The van der Waals surface area contributed by atoms with Crippen molar-refractivity contribution in [3.63, 3.8) is 0 Å². The molecule has 2 aromatic carbocycles. The Morgan fingerprint density at radius 2 is 1.30 bits per heavy atom. The minimum absolute atomic E-state index is 0.0135. The van der Waals surface area contributed by atoms with E-state index < -0.39 is 5.97 Å². The lowest BCUT2D eigenvalue weighted by Crippen LogP contribution is -2.12. The van der Waals surface area contributed by atoms with Crippen molar-refractivity contribution >= 4 is 5.97 Å². The van der Waals surface area contributed by atoms with Crippen LogP contribution in [0.4, 0.5) is 0 Å². The molecule has 23 heavy (non-hydrogen) atoms. The van der Waals surface area contributed by atoms with Crippen LogP contribution < -0.4 is 0 Å². The zero-order chi connectivity index (χ0) is 16.1. The summed E-state index contributed by atoms with van der Waals surface area (Å²) in [7, 11) is 0. The molecule has 3 aromatic rings. The maximum absolute atomic E-state index is 12.0. The lowest BCUT2D eigenvalue weighted by Gasteiger charge is -2.07. The summed E-state index contributed by atoms with van der Waals surface area (Å²) in [5.41, 5.74) is 1.63. The molecule has 0 N–H and O–H groups in total. The molecule has 0 aliphatic heterocycles. The Kier molecular flexibility index (Phi) is 4.38. The van der Waals surface area contributed by atoms with E-state index in [1.807, 2.05) is 60.7 Å². The summed E-state index contributed by atoms with van der Waals surface area (Å²) >= 11 is 0. The van der Waals surface area contributed by atoms with Crippen LogP contribution in [0.1, 0.15) is 17.5 Å². The standard InChI is InChI=1S/C18H15N3O2/c1-2-23-18(22)17-20-15(13-9-5-3-6-10-13)19-16(21-17)14-11-7-4-8-12-14/h3-12H,2H2,1H3. The summed E-state index contributed by atoms with van der Waals surface area (Å²) in [6, 6.07) is 19.0. The molecule has 0 bridgehead atoms. The Hall–Kier alpha value is -3.08. The highest BCUT2D eigenvalue weighted by atomic mass is 16.5. The van der Waals surface area contributed by atoms with Gasteiger partial charge in [-0.05, 0) is 6.92 Å². The summed E-state index contributed by atoms with van der Waals surface area (Å²) < 4.78 is 5.02. The normalized spacial score (nSPS) is 10.3. The topological polar surface area (TPSA) is 65.0 Å². The van der Waals surface area contributed by atoms with Crippen LogP contribution in [-0.2, 0) is 4.74 Å². The van der Waals surface area contributed by atoms with Gasteiger partial charge in [0.15, 0.2) is 11.6 Å². The third-order valence-electron chi connectivity index (χ3n) is 3.16. The number of hydrogen-bond acceptors (Lipinski definition) is 5. The summed E-state index contributed by atoms with van der Waals surface area (Å²) in [5.74, 6) is 0.355. The Balaban J connectivity index is 2.13. The van der Waals surface area contributed by atoms with Crippen LogP contribution in [0.25, 0.3) is 22.8 Å². The van der Waals surface area contributed by atoms with E-state index in [4.69, 9.17) is 4.74 Å². The van der Waals surface area contributed by atoms with Crippen LogP contribution in [0.2, 0.25) is 0 Å². The lowest BCUT2D eigenvalue weighted by molar-refractivity contribution is 0.0512. The predicted octanol–water partition coefficient (Wildman–Crippen LogP) is 3.38. The fourth-order valence-electron chi connectivity index (χ4n) is 2.10. The second-order valence-corrected chi connectivity index (χ2v) is 4.76. The zero-order valence-electron chi connectivity index (χ0n) is 12.6. The van der Waals surface area contributed by atoms with E-state index >= 15 is 0 Å². The number of hydrogen-bond donors (Lipinski definition) is 0. The highest BCUT2D eigenvalue weighted by Gasteiger charge is 2.16. The van der Waals surface area contributed by atoms with Crippen molar-refractivity contribution in [2.24, 2.45) is 0 Å². The van der Waals surface area contributed by atoms with Gasteiger partial charge in [0, 0.05) is 11.1 Å². The summed E-state index contributed by atoms with van der Waals surface area (Å²) in [5, 5.41) is 0. The van der Waals surface area contributed by atoms with Crippen molar-refractivity contribution in [1.82, 2.24) is 15.0 Å². The van der Waals surface area contributed by atoms with Gasteiger partial charge >= 0.3 is 5.97 Å². The highest BCUT2D eigenvalue weighted by molar-refractivity contribution is 5.86. The van der Waals surface area contributed by atoms with E-state index in [1.54, 1.807) is 6.92 Å². The molecule has 3 rings (SSSR count). The first-order valence-electron chi connectivity index (χ1n) is 7.32. The van der Waals surface area contributed by atoms with Crippen LogP contribution in [-0.4, -0.2) is 27.5 Å². The largest absolute Gasteiger partial charge is 0.460 e. The molecule has 5 nitrogen and oxygen atoms in total. The number of esters is 1. The third-order valence-corrected chi connectivity index (χ3v) is 3.16. The quantitative estimate of drug-likeness (QED) is 0.691. The Morgan fingerprint density at radius 1 is 0.826 bits per heavy atom. The van der Waals surface area contributed by atoms with Gasteiger partial charge in [-0.25, -0.2) is 19.7 Å². The van der Waals surface area contributed by atoms with Crippen molar-refractivity contribution < 1.29 is 9.53 Å². The molecule has 0 spiro atoms. The SMILES string of the molecule is CCOC(=O)c1nc(-c2ccccc2)nc(-c2ccccc2)n1. The van der Waals surface area contributed by atoms with Crippen molar-refractivity contribution in [2.45, 2.75) is 6.92 Å². The van der Waals surface area contributed by atoms with E-state index in [0.717, 1.165) is 11.1 Å². The molecule has 0 radical (unpaired) electrons. The van der Waals surface area contributed by atoms with Crippen LogP contribution in [0, 0.1) is 0 Å². The van der Waals surface area contributed by atoms with Gasteiger partial charge in [-0.1, -0.05) is 60.7 Å². The van der Waals surface area contributed by atoms with Gasteiger partial charge in [-0.15, -0.1) is 0 Å². The Morgan fingerprint density at radius 3 is 1.74 bits per heavy atom. The molecular formula is C18H15N3O2. The first-order chi connectivity index (χ1) is 11.3. The predicted molar refractivity (Wildman–Crippen MR) is 86.7 cm³/mol. The Bertz CT molecular complexity index is 747. The molecule has 114 valence electrons. The molecule has 1 aromatic heterocycles. The number of nitrogens with zero attached hydrogens (tertiary/aromatic N) is 3. The average molecular weight is 305 g/mol. The molecule has 0 fully saturated rings. The molecule has 0 unspecified atom stereocenters. The van der Waals surface area contributed by atoms with Crippen LogP contribution in [0.15, 0.2) is 60.7 Å². The van der Waals surface area contributed by atoms with E-state index in [0.29, 0.717) is 11.6 Å². The molecule has 0 aliphatic carbocycles. The van der Waals surface area contributed by atoms with Crippen molar-refractivity contribution in [3.05, 3.63) is 66.5 Å². The van der Waals surface area contributed by atoms with Crippen molar-refractivity contribution in [3.8, 4) is 22.8 Å². The van der Waals surface area contributed by atoms with Gasteiger partial charge in [0.25, 0.3) is 0 Å². The molecule has 0 saturated heterocycles. The number of aromatic nitrogens is 3. The minimum atomic E-state index is -0.552. The molecule has 0 amide bonds. The molecule has 0 atom stereocenters. The molecule has 0 aliphatic rings. The van der Waals surface area contributed by atoms with E-state index in [1.165, 1.54) is 0 Å². The molecule has 1 heterocycles. The monoisotopic (exact) mass is 305 g/mol. The molecule has 5 heteroatoms. The molecule has 0 saturated carbocycles. The number of rotatable bonds is 4. The van der Waals surface area contributed by atoms with Gasteiger partial charge in [0.05, 0.1) is 6.61 Å². The van der Waals surface area contributed by atoms with Gasteiger partial charge in [0.2, 0.25) is 5.82 Å². The van der Waals surface area contributed by atoms with Crippen molar-refractivity contribution in [1.29, 1.82) is 0 Å². The van der Waals surface area contributed by atoms with Crippen LogP contribution >= 0.6 is 0 Å². The summed E-state index contributed by atoms with van der Waals surface area (Å²) in [4.78, 5) is 25.0. The van der Waals surface area contributed by atoms with Gasteiger partial charge in [-0.2, -0.15) is 0 Å². The lowest BCUT2D eigenvalue weighted by atomic mass is 10.2. The van der Waals surface area contributed by atoms with Crippen LogP contribution in [0.5, 0.6) is 0 Å². The maximum Gasteiger partial charge on any atom is 0.376 e. The average Bonchev–Trinajstić information content (AvgIpc) is 2.63. The fourth-order valence-corrected chi connectivity index (χ4v) is 2.10. The zero-order valence-corrected chi connectivity index (χ0v) is 12.6. The number of ether oxygens (including phenoxy) is 1. The van der Waals surface area contributed by atoms with E-state index in [9.17, 15) is 4.79 Å². The highest BCUT2D eigenvalue weighted by Crippen LogP contribution is 2.20. The first kappa shape index (κ1) is 14.8. The maximum atomic E-state index is 12.0. The smallest absolute Gasteiger partial charge is 0.376 e. The first-order valence-corrected chi connectivity index (χ1v) is 7.32. The Labute approximate surface area is 134 Å². The second kappa shape index (κ2) is 6.79. The number of carbonyl (C=O) groups is 1. The fraction of sp³-hybridized carbons (Fsp3) is 0.111. The summed E-state index contributed by atoms with van der Waals surface area (Å²) in [6.45, 7) is 2.02. The number of benzene rings is 2.